The molecule has 0 bridgehead atoms. The number of nitrogens with zero attached hydrogens (tertiary/aromatic N) is 2. The topological polar surface area (TPSA) is 6.48 Å². The van der Waals surface area contributed by atoms with Crippen LogP contribution in [0.25, 0.3) is 0 Å². The van der Waals surface area contributed by atoms with E-state index in [4.69, 9.17) is 0 Å². The lowest BCUT2D eigenvalue weighted by atomic mass is 9.90. The average molecular weight is 238 g/mol. The lowest BCUT2D eigenvalue weighted by Gasteiger charge is -2.44. The van der Waals surface area contributed by atoms with Crippen LogP contribution in [-0.4, -0.2) is 41.5 Å². The van der Waals surface area contributed by atoms with Crippen LogP contribution in [0.4, 0.5) is 0 Å². The molecule has 1 fully saturated rings. The molecule has 1 saturated heterocycles. The van der Waals surface area contributed by atoms with Gasteiger partial charge in [-0.1, -0.05) is 27.4 Å². The van der Waals surface area contributed by atoms with Crippen molar-refractivity contribution in [2.24, 2.45) is 5.41 Å². The molecule has 2 nitrogen and oxygen atoms in total. The molecule has 0 aromatic carbocycles. The molecule has 0 atom stereocenters. The maximum Gasteiger partial charge on any atom is 0.0303 e. The fourth-order valence-corrected chi connectivity index (χ4v) is 2.42. The molecule has 1 aliphatic heterocycles. The normalized spacial score (nSPS) is 19.5. The van der Waals surface area contributed by atoms with Gasteiger partial charge in [0.2, 0.25) is 0 Å². The maximum atomic E-state index is 4.26. The summed E-state index contributed by atoms with van der Waals surface area (Å²) in [5.41, 5.74) is 1.96. The minimum Gasteiger partial charge on any atom is -0.373 e. The Bertz CT molecular complexity index is 260. The van der Waals surface area contributed by atoms with Crippen LogP contribution in [0.3, 0.4) is 0 Å². The molecule has 0 aromatic rings. The van der Waals surface area contributed by atoms with Crippen LogP contribution in [0.1, 0.15) is 48.0 Å². The Morgan fingerprint density at radius 2 is 1.41 bits per heavy atom. The summed E-state index contributed by atoms with van der Waals surface area (Å²) >= 11 is 0. The molecule has 0 amide bonds. The van der Waals surface area contributed by atoms with Gasteiger partial charge >= 0.3 is 0 Å². The molecule has 0 aromatic heterocycles. The molecular formula is C15H30N2. The third kappa shape index (κ3) is 4.71. The number of piperazine rings is 1. The van der Waals surface area contributed by atoms with Crippen LogP contribution in [0, 0.1) is 5.41 Å². The summed E-state index contributed by atoms with van der Waals surface area (Å²) in [4.78, 5) is 5.03. The third-order valence-corrected chi connectivity index (χ3v) is 3.41. The van der Waals surface area contributed by atoms with Crippen LogP contribution in [0.15, 0.2) is 12.3 Å². The molecule has 0 unspecified atom stereocenters. The average Bonchev–Trinajstić information content (AvgIpc) is 2.14. The summed E-state index contributed by atoms with van der Waals surface area (Å²) in [6, 6.07) is 0. The van der Waals surface area contributed by atoms with E-state index in [9.17, 15) is 0 Å². The monoisotopic (exact) mass is 238 g/mol. The van der Waals surface area contributed by atoms with Gasteiger partial charge in [-0.25, -0.2) is 0 Å². The Labute approximate surface area is 108 Å². The highest BCUT2D eigenvalue weighted by molar-refractivity contribution is 4.99. The highest BCUT2D eigenvalue weighted by Gasteiger charge is 2.27. The minimum absolute atomic E-state index is 0.303. The highest BCUT2D eigenvalue weighted by Crippen LogP contribution is 2.26. The van der Waals surface area contributed by atoms with Crippen LogP contribution >= 0.6 is 0 Å². The van der Waals surface area contributed by atoms with Crippen molar-refractivity contribution < 1.29 is 0 Å². The third-order valence-electron chi connectivity index (χ3n) is 3.41. The number of rotatable bonds is 2. The van der Waals surface area contributed by atoms with Gasteiger partial charge in [-0.05, 0) is 32.6 Å². The van der Waals surface area contributed by atoms with Crippen LogP contribution < -0.4 is 0 Å². The van der Waals surface area contributed by atoms with E-state index in [-0.39, 0.29) is 0 Å². The van der Waals surface area contributed by atoms with Gasteiger partial charge in [0.15, 0.2) is 0 Å². The van der Waals surface area contributed by atoms with E-state index in [1.165, 1.54) is 5.70 Å². The molecule has 100 valence electrons. The predicted octanol–water partition coefficient (Wildman–Crippen LogP) is 3.35. The maximum absolute atomic E-state index is 4.26. The second-order valence-corrected chi connectivity index (χ2v) is 7.45. The zero-order valence-electron chi connectivity index (χ0n) is 12.6. The summed E-state index contributed by atoms with van der Waals surface area (Å²) in [7, 11) is 0. The van der Waals surface area contributed by atoms with E-state index in [1.54, 1.807) is 0 Å². The molecule has 0 N–H and O–H groups in total. The number of hydrogen-bond donors (Lipinski definition) is 0. The van der Waals surface area contributed by atoms with E-state index < -0.39 is 0 Å². The van der Waals surface area contributed by atoms with Gasteiger partial charge in [-0.15, -0.1) is 0 Å². The Morgan fingerprint density at radius 1 is 0.941 bits per heavy atom. The molecular weight excluding hydrogens is 208 g/mol. The number of allylic oxidation sites excluding steroid dienone is 1. The van der Waals surface area contributed by atoms with E-state index >= 15 is 0 Å². The lowest BCUT2D eigenvalue weighted by molar-refractivity contribution is 0.0729. The van der Waals surface area contributed by atoms with Crippen LogP contribution in [-0.2, 0) is 0 Å². The Kier molecular flexibility index (Phi) is 4.29. The molecule has 2 heteroatoms. The van der Waals surface area contributed by atoms with E-state index in [2.05, 4.69) is 57.9 Å². The first-order valence-electron chi connectivity index (χ1n) is 6.77. The highest BCUT2D eigenvalue weighted by atomic mass is 15.3. The van der Waals surface area contributed by atoms with Crippen molar-refractivity contribution in [2.45, 2.75) is 53.5 Å². The first kappa shape index (κ1) is 14.6. The Morgan fingerprint density at radius 3 is 1.76 bits per heavy atom. The fourth-order valence-electron chi connectivity index (χ4n) is 2.42. The van der Waals surface area contributed by atoms with E-state index in [0.717, 1.165) is 32.6 Å². The summed E-state index contributed by atoms with van der Waals surface area (Å²) in [6.45, 7) is 22.6. The molecule has 0 radical (unpaired) electrons. The SMILES string of the molecule is C=C(CC(C)(C)C)N1CCN(C(C)(C)C)CC1. The van der Waals surface area contributed by atoms with Gasteiger partial charge in [0.05, 0.1) is 0 Å². The Hall–Kier alpha value is -0.500. The lowest BCUT2D eigenvalue weighted by Crippen LogP contribution is -2.53. The van der Waals surface area contributed by atoms with Crippen molar-refractivity contribution >= 4 is 0 Å². The van der Waals surface area contributed by atoms with Crippen LogP contribution in [0.5, 0.6) is 0 Å². The van der Waals surface area contributed by atoms with Crippen molar-refractivity contribution in [3.63, 3.8) is 0 Å². The van der Waals surface area contributed by atoms with Gasteiger partial charge in [0, 0.05) is 37.4 Å². The summed E-state index contributed by atoms with van der Waals surface area (Å²) in [5.74, 6) is 0. The fraction of sp³-hybridized carbons (Fsp3) is 0.867. The van der Waals surface area contributed by atoms with E-state index in [0.29, 0.717) is 11.0 Å². The van der Waals surface area contributed by atoms with Crippen LogP contribution in [0.2, 0.25) is 0 Å². The first-order chi connectivity index (χ1) is 7.59. The summed E-state index contributed by atoms with van der Waals surface area (Å²) < 4.78 is 0. The molecule has 1 heterocycles. The van der Waals surface area contributed by atoms with Crippen molar-refractivity contribution in [3.8, 4) is 0 Å². The van der Waals surface area contributed by atoms with Gasteiger partial charge in [-0.3, -0.25) is 4.90 Å². The Balaban J connectivity index is 2.45. The molecule has 0 spiro atoms. The molecule has 1 rings (SSSR count). The zero-order valence-corrected chi connectivity index (χ0v) is 12.6. The summed E-state index contributed by atoms with van der Waals surface area (Å²) in [5, 5.41) is 0. The quantitative estimate of drug-likeness (QED) is 0.728. The molecule has 1 aliphatic rings. The minimum atomic E-state index is 0.303. The smallest absolute Gasteiger partial charge is 0.0303 e. The molecule has 0 aliphatic carbocycles. The van der Waals surface area contributed by atoms with Gasteiger partial charge < -0.3 is 4.90 Å². The van der Waals surface area contributed by atoms with Crippen molar-refractivity contribution in [3.05, 3.63) is 12.3 Å². The summed E-state index contributed by atoms with van der Waals surface area (Å²) in [6.07, 6.45) is 1.10. The van der Waals surface area contributed by atoms with Gasteiger partial charge in [-0.2, -0.15) is 0 Å². The molecule has 17 heavy (non-hydrogen) atoms. The zero-order chi connectivity index (χ0) is 13.3. The molecule has 0 saturated carbocycles. The van der Waals surface area contributed by atoms with Gasteiger partial charge in [0.25, 0.3) is 0 Å². The van der Waals surface area contributed by atoms with Crippen molar-refractivity contribution in [1.29, 1.82) is 0 Å². The predicted molar refractivity (Wildman–Crippen MR) is 76.1 cm³/mol. The second-order valence-electron chi connectivity index (χ2n) is 7.45. The largest absolute Gasteiger partial charge is 0.373 e. The van der Waals surface area contributed by atoms with E-state index in [1.807, 2.05) is 0 Å². The second kappa shape index (κ2) is 5.01. The first-order valence-corrected chi connectivity index (χ1v) is 6.77. The van der Waals surface area contributed by atoms with Gasteiger partial charge in [0.1, 0.15) is 0 Å². The van der Waals surface area contributed by atoms with Crippen molar-refractivity contribution in [2.75, 3.05) is 26.2 Å². The number of hydrogen-bond acceptors (Lipinski definition) is 2. The van der Waals surface area contributed by atoms with Crippen molar-refractivity contribution in [1.82, 2.24) is 9.80 Å². The standard InChI is InChI=1S/C15H30N2/c1-13(12-14(2,3)4)16-8-10-17(11-9-16)15(5,6)7/h1,8-12H2,2-7H3.